The number of rotatable bonds is 4. The highest BCUT2D eigenvalue weighted by atomic mass is 16.3. The molecule has 74 valence electrons. The van der Waals surface area contributed by atoms with E-state index >= 15 is 0 Å². The molecule has 0 unspecified atom stereocenters. The minimum Gasteiger partial charge on any atom is -0.443 e. The lowest BCUT2D eigenvalue weighted by Crippen LogP contribution is -1.98. The Morgan fingerprint density at radius 2 is 2.21 bits per heavy atom. The summed E-state index contributed by atoms with van der Waals surface area (Å²) in [5, 5.41) is 0. The first-order chi connectivity index (χ1) is 6.90. The van der Waals surface area contributed by atoms with E-state index in [1.54, 1.807) is 0 Å². The molecule has 3 heteroatoms. The minimum absolute atomic E-state index is 0.770. The van der Waals surface area contributed by atoms with Gasteiger partial charge in [-0.05, 0) is 43.5 Å². The van der Waals surface area contributed by atoms with Gasteiger partial charge in [-0.15, -0.1) is 0 Å². The second-order valence-corrected chi connectivity index (χ2v) is 3.40. The second kappa shape index (κ2) is 4.24. The number of nitrogens with two attached hydrogens (primary N) is 1. The molecule has 0 amide bonds. The molecule has 0 fully saturated rings. The zero-order valence-corrected chi connectivity index (χ0v) is 8.07. The van der Waals surface area contributed by atoms with E-state index in [9.17, 15) is 0 Å². The highest BCUT2D eigenvalue weighted by Gasteiger charge is 1.99. The first kappa shape index (κ1) is 9.21. The van der Waals surface area contributed by atoms with E-state index in [0.717, 1.165) is 36.9 Å². The molecular weight excluding hydrogens is 176 g/mol. The van der Waals surface area contributed by atoms with Gasteiger partial charge >= 0.3 is 0 Å². The fourth-order valence-electron chi connectivity index (χ4n) is 1.53. The third-order valence-electron chi connectivity index (χ3n) is 2.31. The first-order valence-corrected chi connectivity index (χ1v) is 4.92. The Morgan fingerprint density at radius 1 is 1.29 bits per heavy atom. The van der Waals surface area contributed by atoms with Gasteiger partial charge < -0.3 is 10.2 Å². The van der Waals surface area contributed by atoms with Crippen molar-refractivity contribution in [1.29, 1.82) is 0 Å². The molecule has 1 heterocycles. The third kappa shape index (κ3) is 1.93. The van der Waals surface area contributed by atoms with Crippen molar-refractivity contribution in [3.05, 3.63) is 30.2 Å². The van der Waals surface area contributed by atoms with Crippen molar-refractivity contribution in [2.75, 3.05) is 6.54 Å². The molecule has 0 radical (unpaired) electrons. The predicted octanol–water partition coefficient (Wildman–Crippen LogP) is 2.11. The average Bonchev–Trinajstić information content (AvgIpc) is 2.65. The maximum atomic E-state index is 5.44. The smallest absolute Gasteiger partial charge is 0.181 e. The van der Waals surface area contributed by atoms with Crippen molar-refractivity contribution < 1.29 is 4.42 Å². The summed E-state index contributed by atoms with van der Waals surface area (Å²) in [6, 6.07) is 6.14. The quantitative estimate of drug-likeness (QED) is 0.751. The van der Waals surface area contributed by atoms with Crippen molar-refractivity contribution >= 4 is 11.1 Å². The van der Waals surface area contributed by atoms with Crippen LogP contribution in [0.3, 0.4) is 0 Å². The molecule has 2 aromatic rings. The summed E-state index contributed by atoms with van der Waals surface area (Å²) < 4.78 is 5.17. The largest absolute Gasteiger partial charge is 0.443 e. The van der Waals surface area contributed by atoms with Gasteiger partial charge in [-0.2, -0.15) is 0 Å². The van der Waals surface area contributed by atoms with Gasteiger partial charge in [0.05, 0.1) is 0 Å². The summed E-state index contributed by atoms with van der Waals surface area (Å²) in [5.74, 6) is 0. The highest BCUT2D eigenvalue weighted by molar-refractivity contribution is 5.72. The zero-order chi connectivity index (χ0) is 9.80. The van der Waals surface area contributed by atoms with E-state index in [1.807, 2.05) is 6.07 Å². The minimum atomic E-state index is 0.770. The third-order valence-corrected chi connectivity index (χ3v) is 2.31. The Hall–Kier alpha value is -1.35. The molecule has 14 heavy (non-hydrogen) atoms. The number of unbranched alkanes of at least 4 members (excludes halogenated alkanes) is 1. The predicted molar refractivity (Wildman–Crippen MR) is 56.0 cm³/mol. The van der Waals surface area contributed by atoms with Crippen LogP contribution in [0.5, 0.6) is 0 Å². The van der Waals surface area contributed by atoms with E-state index in [0.29, 0.717) is 0 Å². The van der Waals surface area contributed by atoms with Crippen molar-refractivity contribution in [2.24, 2.45) is 5.73 Å². The van der Waals surface area contributed by atoms with E-state index in [4.69, 9.17) is 10.2 Å². The fourth-order valence-corrected chi connectivity index (χ4v) is 1.53. The lowest BCUT2D eigenvalue weighted by Gasteiger charge is -1.99. The number of nitrogens with zero attached hydrogens (tertiary/aromatic N) is 1. The molecule has 0 saturated carbocycles. The topological polar surface area (TPSA) is 52.0 Å². The molecule has 0 aliphatic heterocycles. The normalized spacial score (nSPS) is 10.9. The summed E-state index contributed by atoms with van der Waals surface area (Å²) in [4.78, 5) is 4.12. The average molecular weight is 190 g/mol. The maximum Gasteiger partial charge on any atom is 0.181 e. The van der Waals surface area contributed by atoms with Crippen LogP contribution in [-0.2, 0) is 6.42 Å². The van der Waals surface area contributed by atoms with E-state index in [2.05, 4.69) is 17.1 Å². The molecule has 0 aliphatic carbocycles. The number of benzene rings is 1. The summed E-state index contributed by atoms with van der Waals surface area (Å²) in [7, 11) is 0. The number of oxazole rings is 1. The Kier molecular flexibility index (Phi) is 2.79. The van der Waals surface area contributed by atoms with Crippen LogP contribution in [0.2, 0.25) is 0 Å². The molecule has 1 aromatic heterocycles. The van der Waals surface area contributed by atoms with E-state index < -0.39 is 0 Å². The Balaban J connectivity index is 2.10. The molecule has 3 nitrogen and oxygen atoms in total. The van der Waals surface area contributed by atoms with Gasteiger partial charge in [0.1, 0.15) is 5.52 Å². The van der Waals surface area contributed by atoms with Crippen LogP contribution in [0.25, 0.3) is 11.1 Å². The molecule has 0 atom stereocenters. The standard InChI is InChI=1S/C11H14N2O/c12-6-2-1-3-9-4-5-11-10(7-9)13-8-14-11/h4-5,7-8H,1-3,6,12H2. The van der Waals surface area contributed by atoms with Crippen LogP contribution in [0.1, 0.15) is 18.4 Å². The Morgan fingerprint density at radius 3 is 3.07 bits per heavy atom. The first-order valence-electron chi connectivity index (χ1n) is 4.92. The van der Waals surface area contributed by atoms with Crippen LogP contribution in [0.4, 0.5) is 0 Å². The van der Waals surface area contributed by atoms with Crippen molar-refractivity contribution in [2.45, 2.75) is 19.3 Å². The van der Waals surface area contributed by atoms with Crippen LogP contribution < -0.4 is 5.73 Å². The van der Waals surface area contributed by atoms with Gasteiger partial charge in [0.25, 0.3) is 0 Å². The summed E-state index contributed by atoms with van der Waals surface area (Å²) in [6.45, 7) is 0.770. The van der Waals surface area contributed by atoms with Crippen LogP contribution in [0, 0.1) is 0 Å². The van der Waals surface area contributed by atoms with E-state index in [-0.39, 0.29) is 0 Å². The van der Waals surface area contributed by atoms with Gasteiger partial charge in [-0.25, -0.2) is 4.98 Å². The SMILES string of the molecule is NCCCCc1ccc2ocnc2c1. The van der Waals surface area contributed by atoms with Gasteiger partial charge in [-0.3, -0.25) is 0 Å². The molecule has 0 aliphatic rings. The summed E-state index contributed by atoms with van der Waals surface area (Å²) in [5.41, 5.74) is 8.54. The van der Waals surface area contributed by atoms with Crippen LogP contribution in [-0.4, -0.2) is 11.5 Å². The van der Waals surface area contributed by atoms with E-state index in [1.165, 1.54) is 12.0 Å². The molecule has 2 rings (SSSR count). The molecule has 0 spiro atoms. The molecule has 2 N–H and O–H groups in total. The number of hydrogen-bond acceptors (Lipinski definition) is 3. The summed E-state index contributed by atoms with van der Waals surface area (Å²) >= 11 is 0. The maximum absolute atomic E-state index is 5.44. The summed E-state index contributed by atoms with van der Waals surface area (Å²) in [6.07, 6.45) is 4.77. The highest BCUT2D eigenvalue weighted by Crippen LogP contribution is 2.15. The Bertz CT molecular complexity index is 408. The second-order valence-electron chi connectivity index (χ2n) is 3.40. The van der Waals surface area contributed by atoms with Crippen molar-refractivity contribution in [3.63, 3.8) is 0 Å². The fraction of sp³-hybridized carbons (Fsp3) is 0.364. The lowest BCUT2D eigenvalue weighted by molar-refractivity contribution is 0.602. The lowest BCUT2D eigenvalue weighted by atomic mass is 10.1. The number of aryl methyl sites for hydroxylation is 1. The van der Waals surface area contributed by atoms with Crippen molar-refractivity contribution in [1.82, 2.24) is 4.98 Å². The van der Waals surface area contributed by atoms with Gasteiger partial charge in [0.2, 0.25) is 0 Å². The molecule has 1 aromatic carbocycles. The zero-order valence-electron chi connectivity index (χ0n) is 8.07. The van der Waals surface area contributed by atoms with Crippen molar-refractivity contribution in [3.8, 4) is 0 Å². The Labute approximate surface area is 82.9 Å². The van der Waals surface area contributed by atoms with Gasteiger partial charge in [0.15, 0.2) is 12.0 Å². The van der Waals surface area contributed by atoms with Crippen LogP contribution in [0.15, 0.2) is 29.0 Å². The van der Waals surface area contributed by atoms with Crippen LogP contribution >= 0.6 is 0 Å². The van der Waals surface area contributed by atoms with Gasteiger partial charge in [0, 0.05) is 0 Å². The number of hydrogen-bond donors (Lipinski definition) is 1. The molecule has 0 bridgehead atoms. The van der Waals surface area contributed by atoms with Gasteiger partial charge in [-0.1, -0.05) is 6.07 Å². The molecule has 0 saturated heterocycles. The molecular formula is C11H14N2O. The number of aromatic nitrogens is 1. The number of fused-ring (bicyclic) bond motifs is 1. The monoisotopic (exact) mass is 190 g/mol.